The van der Waals surface area contributed by atoms with Gasteiger partial charge in [-0.05, 0) is 50.1 Å². The maximum absolute atomic E-state index is 15.7. The quantitative estimate of drug-likeness (QED) is 0.376. The second-order valence-corrected chi connectivity index (χ2v) is 10.4. The fourth-order valence-electron chi connectivity index (χ4n) is 6.30. The van der Waals surface area contributed by atoms with Gasteiger partial charge in [0.15, 0.2) is 0 Å². The maximum atomic E-state index is 15.7. The van der Waals surface area contributed by atoms with E-state index >= 15 is 4.39 Å². The maximum Gasteiger partial charge on any atom is 0.134 e. The zero-order chi connectivity index (χ0) is 25.7. The summed E-state index contributed by atoms with van der Waals surface area (Å²) in [6.45, 7) is 7.22. The van der Waals surface area contributed by atoms with Gasteiger partial charge in [-0.2, -0.15) is 0 Å². The molecule has 7 rings (SSSR count). The molecule has 0 unspecified atom stereocenters. The van der Waals surface area contributed by atoms with Crippen LogP contribution in [0.15, 0.2) is 54.9 Å². The van der Waals surface area contributed by atoms with Gasteiger partial charge in [-0.1, -0.05) is 12.1 Å². The summed E-state index contributed by atoms with van der Waals surface area (Å²) in [6, 6.07) is 13.2. The molecule has 38 heavy (non-hydrogen) atoms. The fourth-order valence-corrected chi connectivity index (χ4v) is 6.30. The molecule has 7 nitrogen and oxygen atoms in total. The Morgan fingerprint density at radius 1 is 0.947 bits per heavy atom. The number of pyridine rings is 3. The molecule has 3 aliphatic heterocycles. The lowest BCUT2D eigenvalue weighted by Gasteiger charge is -2.34. The molecule has 6 heterocycles. The van der Waals surface area contributed by atoms with Crippen LogP contribution in [0.3, 0.4) is 0 Å². The highest BCUT2D eigenvalue weighted by Gasteiger charge is 2.47. The van der Waals surface area contributed by atoms with Crippen molar-refractivity contribution in [2.75, 3.05) is 55.9 Å². The number of hydrogen-bond acceptors (Lipinski definition) is 7. The van der Waals surface area contributed by atoms with E-state index in [4.69, 9.17) is 19.4 Å². The van der Waals surface area contributed by atoms with E-state index in [0.717, 1.165) is 72.2 Å². The first-order valence-corrected chi connectivity index (χ1v) is 13.3. The Morgan fingerprint density at radius 2 is 1.76 bits per heavy atom. The molecule has 0 aliphatic carbocycles. The minimum Gasteiger partial charge on any atom is -0.381 e. The van der Waals surface area contributed by atoms with Gasteiger partial charge in [0.05, 0.1) is 64.5 Å². The minimum absolute atomic E-state index is 0.143. The monoisotopic (exact) mass is 511 g/mol. The van der Waals surface area contributed by atoms with Crippen LogP contribution in [0.5, 0.6) is 0 Å². The molecule has 3 aliphatic rings. The lowest BCUT2D eigenvalue weighted by molar-refractivity contribution is 0.0546. The molecule has 0 N–H and O–H groups in total. The Morgan fingerprint density at radius 3 is 2.55 bits per heavy atom. The first-order valence-electron chi connectivity index (χ1n) is 13.3. The van der Waals surface area contributed by atoms with Crippen molar-refractivity contribution in [3.05, 3.63) is 71.9 Å². The molecule has 8 heteroatoms. The summed E-state index contributed by atoms with van der Waals surface area (Å²) in [6.07, 6.45) is 5.55. The van der Waals surface area contributed by atoms with Gasteiger partial charge in [-0.3, -0.25) is 9.97 Å². The number of benzene rings is 1. The van der Waals surface area contributed by atoms with E-state index in [2.05, 4.69) is 20.9 Å². The third-order valence-corrected chi connectivity index (χ3v) is 8.28. The van der Waals surface area contributed by atoms with Gasteiger partial charge in [-0.25, -0.2) is 9.37 Å². The van der Waals surface area contributed by atoms with Crippen molar-refractivity contribution in [2.24, 2.45) is 0 Å². The lowest BCUT2D eigenvalue weighted by atomic mass is 9.78. The van der Waals surface area contributed by atoms with Crippen LogP contribution in [0.2, 0.25) is 0 Å². The normalized spacial score (nSPS) is 18.8. The molecular formula is C30H30FN5O2. The molecule has 3 aromatic heterocycles. The predicted molar refractivity (Wildman–Crippen MR) is 146 cm³/mol. The molecule has 1 aromatic carbocycles. The molecule has 0 radical (unpaired) electrons. The highest BCUT2D eigenvalue weighted by Crippen LogP contribution is 2.52. The Labute approximate surface area is 221 Å². The number of anilines is 3. The van der Waals surface area contributed by atoms with Crippen LogP contribution in [0.4, 0.5) is 21.5 Å². The molecule has 2 fully saturated rings. The molecule has 0 atom stereocenters. The number of ether oxygens (including phenoxy) is 2. The number of morpholine rings is 1. The van der Waals surface area contributed by atoms with Crippen molar-refractivity contribution in [1.29, 1.82) is 0 Å². The van der Waals surface area contributed by atoms with E-state index in [9.17, 15) is 0 Å². The van der Waals surface area contributed by atoms with Gasteiger partial charge >= 0.3 is 0 Å². The molecule has 0 saturated carbocycles. The highest BCUT2D eigenvalue weighted by molar-refractivity contribution is 6.00. The van der Waals surface area contributed by atoms with E-state index in [0.29, 0.717) is 37.3 Å². The van der Waals surface area contributed by atoms with Crippen LogP contribution in [-0.4, -0.2) is 61.0 Å². The van der Waals surface area contributed by atoms with E-state index in [1.54, 1.807) is 12.3 Å². The van der Waals surface area contributed by atoms with Gasteiger partial charge in [0.25, 0.3) is 0 Å². The molecule has 0 bridgehead atoms. The summed E-state index contributed by atoms with van der Waals surface area (Å²) in [5.41, 5.74) is 6.98. The SMILES string of the molecule is Cc1c(-c2ccccn2)nc2cccc(F)c2c1N1CC2(CCOCC2)c2ncc(N3CCOCC3)cc21. The van der Waals surface area contributed by atoms with Crippen molar-refractivity contribution in [1.82, 2.24) is 15.0 Å². The number of halogens is 1. The Hall–Kier alpha value is -3.62. The van der Waals surface area contributed by atoms with Crippen molar-refractivity contribution < 1.29 is 13.9 Å². The Bertz CT molecular complexity index is 1500. The zero-order valence-electron chi connectivity index (χ0n) is 21.5. The number of nitrogens with zero attached hydrogens (tertiary/aromatic N) is 5. The predicted octanol–water partition coefficient (Wildman–Crippen LogP) is 5.18. The van der Waals surface area contributed by atoms with Crippen molar-refractivity contribution in [3.63, 3.8) is 0 Å². The van der Waals surface area contributed by atoms with Gasteiger partial charge in [-0.15, -0.1) is 0 Å². The van der Waals surface area contributed by atoms with Gasteiger partial charge in [0.2, 0.25) is 0 Å². The zero-order valence-corrected chi connectivity index (χ0v) is 21.5. The smallest absolute Gasteiger partial charge is 0.134 e. The summed E-state index contributed by atoms with van der Waals surface area (Å²) < 4.78 is 27.0. The molecule has 2 saturated heterocycles. The molecule has 4 aromatic rings. The second-order valence-electron chi connectivity index (χ2n) is 10.4. The Balaban J connectivity index is 1.47. The number of rotatable bonds is 3. The molecule has 0 amide bonds. The van der Waals surface area contributed by atoms with Crippen LogP contribution >= 0.6 is 0 Å². The number of fused-ring (bicyclic) bond motifs is 3. The second kappa shape index (κ2) is 9.29. The highest BCUT2D eigenvalue weighted by atomic mass is 19.1. The summed E-state index contributed by atoms with van der Waals surface area (Å²) in [4.78, 5) is 19.2. The van der Waals surface area contributed by atoms with Crippen LogP contribution in [0.25, 0.3) is 22.3 Å². The van der Waals surface area contributed by atoms with Crippen molar-refractivity contribution in [2.45, 2.75) is 25.2 Å². The first kappa shape index (κ1) is 23.5. The fraction of sp³-hybridized carbons (Fsp3) is 0.367. The van der Waals surface area contributed by atoms with Crippen molar-refractivity contribution in [3.8, 4) is 11.4 Å². The van der Waals surface area contributed by atoms with Gasteiger partial charge < -0.3 is 19.3 Å². The Kier molecular flexibility index (Phi) is 5.74. The average Bonchev–Trinajstić information content (AvgIpc) is 3.26. The first-order chi connectivity index (χ1) is 18.6. The van der Waals surface area contributed by atoms with Crippen LogP contribution in [0, 0.1) is 12.7 Å². The van der Waals surface area contributed by atoms with Crippen molar-refractivity contribution >= 4 is 28.0 Å². The summed E-state index contributed by atoms with van der Waals surface area (Å²) in [7, 11) is 0. The summed E-state index contributed by atoms with van der Waals surface area (Å²) in [5, 5.41) is 0.538. The molecular weight excluding hydrogens is 481 g/mol. The van der Waals surface area contributed by atoms with E-state index in [-0.39, 0.29) is 11.2 Å². The summed E-state index contributed by atoms with van der Waals surface area (Å²) >= 11 is 0. The van der Waals surface area contributed by atoms with Crippen LogP contribution in [-0.2, 0) is 14.9 Å². The van der Waals surface area contributed by atoms with E-state index in [1.807, 2.05) is 37.4 Å². The largest absolute Gasteiger partial charge is 0.381 e. The topological polar surface area (TPSA) is 63.6 Å². The number of aromatic nitrogens is 3. The average molecular weight is 512 g/mol. The molecule has 194 valence electrons. The van der Waals surface area contributed by atoms with Crippen LogP contribution < -0.4 is 9.80 Å². The lowest BCUT2D eigenvalue weighted by Crippen LogP contribution is -2.38. The van der Waals surface area contributed by atoms with Gasteiger partial charge in [0, 0.05) is 50.0 Å². The third-order valence-electron chi connectivity index (χ3n) is 8.28. The van der Waals surface area contributed by atoms with Crippen LogP contribution in [0.1, 0.15) is 24.1 Å². The minimum atomic E-state index is -0.271. The van der Waals surface area contributed by atoms with E-state index < -0.39 is 0 Å². The summed E-state index contributed by atoms with van der Waals surface area (Å²) in [5.74, 6) is -0.271. The van der Waals surface area contributed by atoms with Gasteiger partial charge in [0.1, 0.15) is 5.82 Å². The van der Waals surface area contributed by atoms with E-state index in [1.165, 1.54) is 6.07 Å². The third kappa shape index (κ3) is 3.74. The standard InChI is InChI=1S/C30H30FN5O2/c1-20-27(24-6-2-3-10-32-24)34-23-7-4-5-22(31)26(23)28(20)36-19-30(8-13-37-14-9-30)29-25(36)17-21(18-33-29)35-11-15-38-16-12-35/h2-7,10,17-18H,8-9,11-16,19H2,1H3. The number of hydrogen-bond donors (Lipinski definition) is 0. The molecule has 1 spiro atoms.